The number of hydrogen-bond donors (Lipinski definition) is 3. The molecule has 2 amide bonds. The maximum Gasteiger partial charge on any atom is 0.315 e. The standard InChI is InChI=1S/C16H19N3O2/c1-19-7-6-11(10-19)9-17-16(21)18-15-13-5-3-2-4-12(13)8-14(15)20/h2-7,10,14-15,20H,8-9H2,1H3,(H2,17,18,21). The van der Waals surface area contributed by atoms with E-state index >= 15 is 0 Å². The summed E-state index contributed by atoms with van der Waals surface area (Å²) in [6.07, 6.45) is 3.91. The van der Waals surface area contributed by atoms with Crippen LogP contribution in [0.4, 0.5) is 4.79 Å². The van der Waals surface area contributed by atoms with Crippen LogP contribution in [0.5, 0.6) is 0 Å². The molecule has 1 aliphatic carbocycles. The SMILES string of the molecule is Cn1ccc(CNC(=O)NC2c3ccccc3CC2O)c1. The molecule has 21 heavy (non-hydrogen) atoms. The quantitative estimate of drug-likeness (QED) is 0.800. The third-order valence-corrected chi connectivity index (χ3v) is 3.84. The number of fused-ring (bicyclic) bond motifs is 1. The summed E-state index contributed by atoms with van der Waals surface area (Å²) >= 11 is 0. The Bertz CT molecular complexity index is 650. The lowest BCUT2D eigenvalue weighted by molar-refractivity contribution is 0.142. The second-order valence-corrected chi connectivity index (χ2v) is 5.46. The lowest BCUT2D eigenvalue weighted by Crippen LogP contribution is -2.40. The highest BCUT2D eigenvalue weighted by Gasteiger charge is 2.31. The highest BCUT2D eigenvalue weighted by molar-refractivity contribution is 5.74. The van der Waals surface area contributed by atoms with Gasteiger partial charge in [0.15, 0.2) is 0 Å². The van der Waals surface area contributed by atoms with Crippen LogP contribution >= 0.6 is 0 Å². The second kappa shape index (κ2) is 5.61. The summed E-state index contributed by atoms with van der Waals surface area (Å²) in [5.41, 5.74) is 3.14. The molecule has 5 nitrogen and oxygen atoms in total. The summed E-state index contributed by atoms with van der Waals surface area (Å²) in [6, 6.07) is 9.17. The number of rotatable bonds is 3. The molecule has 2 atom stereocenters. The molecule has 1 aliphatic rings. The van der Waals surface area contributed by atoms with Crippen molar-refractivity contribution in [1.82, 2.24) is 15.2 Å². The molecule has 1 aromatic heterocycles. The Kier molecular flexibility index (Phi) is 3.66. The number of nitrogens with one attached hydrogen (secondary N) is 2. The third-order valence-electron chi connectivity index (χ3n) is 3.84. The number of aliphatic hydroxyl groups excluding tert-OH is 1. The zero-order valence-corrected chi connectivity index (χ0v) is 11.9. The van der Waals surface area contributed by atoms with E-state index in [-0.39, 0.29) is 12.1 Å². The molecule has 2 aromatic rings. The van der Waals surface area contributed by atoms with Crippen molar-refractivity contribution in [3.63, 3.8) is 0 Å². The Morgan fingerprint density at radius 2 is 2.19 bits per heavy atom. The van der Waals surface area contributed by atoms with E-state index in [4.69, 9.17) is 0 Å². The lowest BCUT2D eigenvalue weighted by Gasteiger charge is -2.18. The van der Waals surface area contributed by atoms with Crippen molar-refractivity contribution in [2.75, 3.05) is 0 Å². The monoisotopic (exact) mass is 285 g/mol. The van der Waals surface area contributed by atoms with Crippen LogP contribution in [0.25, 0.3) is 0 Å². The molecule has 3 rings (SSSR count). The van der Waals surface area contributed by atoms with E-state index in [0.717, 1.165) is 16.7 Å². The fourth-order valence-corrected chi connectivity index (χ4v) is 2.79. The maximum absolute atomic E-state index is 12.0. The van der Waals surface area contributed by atoms with E-state index in [1.165, 1.54) is 0 Å². The van der Waals surface area contributed by atoms with Gasteiger partial charge in [-0.05, 0) is 22.8 Å². The van der Waals surface area contributed by atoms with Gasteiger partial charge in [-0.1, -0.05) is 24.3 Å². The van der Waals surface area contributed by atoms with Crippen molar-refractivity contribution in [2.45, 2.75) is 25.1 Å². The number of nitrogens with zero attached hydrogens (tertiary/aromatic N) is 1. The first-order valence-corrected chi connectivity index (χ1v) is 7.04. The zero-order valence-electron chi connectivity index (χ0n) is 11.9. The normalized spacial score (nSPS) is 20.1. The molecule has 0 aliphatic heterocycles. The van der Waals surface area contributed by atoms with Gasteiger partial charge in [0.25, 0.3) is 0 Å². The van der Waals surface area contributed by atoms with E-state index in [2.05, 4.69) is 10.6 Å². The minimum atomic E-state index is -0.565. The number of aliphatic hydroxyl groups is 1. The molecule has 1 heterocycles. The van der Waals surface area contributed by atoms with Crippen molar-refractivity contribution >= 4 is 6.03 Å². The number of carbonyl (C=O) groups excluding carboxylic acids is 1. The molecule has 3 N–H and O–H groups in total. The summed E-state index contributed by atoms with van der Waals surface area (Å²) in [5, 5.41) is 15.8. The van der Waals surface area contributed by atoms with Gasteiger partial charge in [-0.15, -0.1) is 0 Å². The molecule has 0 spiro atoms. The predicted octanol–water partition coefficient (Wildman–Crippen LogP) is 1.48. The number of hydrogen-bond acceptors (Lipinski definition) is 2. The fourth-order valence-electron chi connectivity index (χ4n) is 2.79. The van der Waals surface area contributed by atoms with Gasteiger partial charge >= 0.3 is 6.03 Å². The Balaban J connectivity index is 1.60. The van der Waals surface area contributed by atoms with Crippen LogP contribution in [0.15, 0.2) is 42.7 Å². The van der Waals surface area contributed by atoms with Gasteiger partial charge in [0.1, 0.15) is 0 Å². The first-order chi connectivity index (χ1) is 10.1. The number of aryl methyl sites for hydroxylation is 1. The molecule has 0 saturated carbocycles. The summed E-state index contributed by atoms with van der Waals surface area (Å²) in [7, 11) is 1.94. The van der Waals surface area contributed by atoms with Crippen LogP contribution in [0.2, 0.25) is 0 Å². The smallest absolute Gasteiger partial charge is 0.315 e. The highest BCUT2D eigenvalue weighted by Crippen LogP contribution is 2.30. The average Bonchev–Trinajstić information content (AvgIpc) is 3.01. The summed E-state index contributed by atoms with van der Waals surface area (Å²) < 4.78 is 1.94. The number of aromatic nitrogens is 1. The van der Waals surface area contributed by atoms with E-state index in [9.17, 15) is 9.90 Å². The van der Waals surface area contributed by atoms with Crippen molar-refractivity contribution < 1.29 is 9.90 Å². The Hall–Kier alpha value is -2.27. The molecular weight excluding hydrogens is 266 g/mol. The van der Waals surface area contributed by atoms with Crippen LogP contribution < -0.4 is 10.6 Å². The number of amides is 2. The van der Waals surface area contributed by atoms with E-state index < -0.39 is 6.10 Å². The Morgan fingerprint density at radius 1 is 1.38 bits per heavy atom. The summed E-state index contributed by atoms with van der Waals surface area (Å²) in [6.45, 7) is 0.469. The van der Waals surface area contributed by atoms with Gasteiger partial charge in [-0.2, -0.15) is 0 Å². The number of urea groups is 1. The lowest BCUT2D eigenvalue weighted by atomic mass is 10.1. The van der Waals surface area contributed by atoms with Crippen LogP contribution in [-0.2, 0) is 20.0 Å². The molecule has 110 valence electrons. The first kappa shape index (κ1) is 13.7. The second-order valence-electron chi connectivity index (χ2n) is 5.46. The van der Waals surface area contributed by atoms with Crippen LogP contribution in [-0.4, -0.2) is 21.8 Å². The Morgan fingerprint density at radius 3 is 2.95 bits per heavy atom. The van der Waals surface area contributed by atoms with Crippen molar-refractivity contribution in [3.05, 3.63) is 59.4 Å². The molecule has 0 radical (unpaired) electrons. The molecule has 0 bridgehead atoms. The maximum atomic E-state index is 12.0. The minimum Gasteiger partial charge on any atom is -0.390 e. The van der Waals surface area contributed by atoms with Crippen molar-refractivity contribution in [3.8, 4) is 0 Å². The van der Waals surface area contributed by atoms with E-state index in [0.29, 0.717) is 13.0 Å². The average molecular weight is 285 g/mol. The van der Waals surface area contributed by atoms with Gasteiger partial charge in [0, 0.05) is 32.4 Å². The van der Waals surface area contributed by atoms with Gasteiger partial charge in [-0.3, -0.25) is 0 Å². The Labute approximate surface area is 123 Å². The summed E-state index contributed by atoms with van der Waals surface area (Å²) in [4.78, 5) is 12.0. The topological polar surface area (TPSA) is 66.3 Å². The van der Waals surface area contributed by atoms with Crippen LogP contribution in [0.3, 0.4) is 0 Å². The zero-order chi connectivity index (χ0) is 14.8. The van der Waals surface area contributed by atoms with Crippen LogP contribution in [0, 0.1) is 0 Å². The molecular formula is C16H19N3O2. The van der Waals surface area contributed by atoms with Crippen molar-refractivity contribution in [1.29, 1.82) is 0 Å². The molecule has 1 aromatic carbocycles. The number of benzene rings is 1. The van der Waals surface area contributed by atoms with Gasteiger partial charge in [0.05, 0.1) is 12.1 Å². The summed E-state index contributed by atoms with van der Waals surface area (Å²) in [5.74, 6) is 0. The first-order valence-electron chi connectivity index (χ1n) is 7.04. The molecule has 5 heteroatoms. The van der Waals surface area contributed by atoms with E-state index in [1.54, 1.807) is 0 Å². The largest absolute Gasteiger partial charge is 0.390 e. The minimum absolute atomic E-state index is 0.264. The molecule has 0 saturated heterocycles. The molecule has 2 unspecified atom stereocenters. The third kappa shape index (κ3) is 2.92. The van der Waals surface area contributed by atoms with Crippen molar-refractivity contribution in [2.24, 2.45) is 7.05 Å². The number of carbonyl (C=O) groups is 1. The highest BCUT2D eigenvalue weighted by atomic mass is 16.3. The van der Waals surface area contributed by atoms with Gasteiger partial charge in [-0.25, -0.2) is 4.79 Å². The van der Waals surface area contributed by atoms with Gasteiger partial charge < -0.3 is 20.3 Å². The predicted molar refractivity (Wildman–Crippen MR) is 79.7 cm³/mol. The van der Waals surface area contributed by atoms with E-state index in [1.807, 2.05) is 54.3 Å². The van der Waals surface area contributed by atoms with Gasteiger partial charge in [0.2, 0.25) is 0 Å². The fraction of sp³-hybridized carbons (Fsp3) is 0.312. The molecule has 0 fully saturated rings. The van der Waals surface area contributed by atoms with Crippen LogP contribution in [0.1, 0.15) is 22.7 Å².